The number of pyridine rings is 1. The van der Waals surface area contributed by atoms with Crippen molar-refractivity contribution in [2.24, 2.45) is 0 Å². The van der Waals surface area contributed by atoms with E-state index in [-0.39, 0.29) is 16.4 Å². The Labute approximate surface area is 192 Å². The van der Waals surface area contributed by atoms with E-state index in [1.165, 1.54) is 6.20 Å². The number of sulfonamides is 1. The number of anilines is 1. The summed E-state index contributed by atoms with van der Waals surface area (Å²) in [5.74, 6) is -0.566. The van der Waals surface area contributed by atoms with Gasteiger partial charge in [-0.15, -0.1) is 0 Å². The van der Waals surface area contributed by atoms with Crippen molar-refractivity contribution in [3.8, 4) is 0 Å². The fourth-order valence-corrected chi connectivity index (χ4v) is 4.43. The lowest BCUT2D eigenvalue weighted by atomic mass is 9.99. The van der Waals surface area contributed by atoms with Crippen LogP contribution in [0.3, 0.4) is 0 Å². The van der Waals surface area contributed by atoms with Gasteiger partial charge in [-0.05, 0) is 36.2 Å². The summed E-state index contributed by atoms with van der Waals surface area (Å²) >= 11 is 11.5. The van der Waals surface area contributed by atoms with Crippen LogP contribution in [0.5, 0.6) is 0 Å². The average Bonchev–Trinajstić information content (AvgIpc) is 2.72. The van der Waals surface area contributed by atoms with Gasteiger partial charge < -0.3 is 0 Å². The van der Waals surface area contributed by atoms with Crippen LogP contribution in [-0.2, 0) is 22.6 Å². The predicted octanol–water partition coefficient (Wildman–Crippen LogP) is 6.00. The first-order valence-electron chi connectivity index (χ1n) is 9.11. The number of carbonyl (C=O) groups excluding carboxylic acids is 1. The Morgan fingerprint density at radius 3 is 2.44 bits per heavy atom. The maximum Gasteiger partial charge on any atom is 0.417 e. The van der Waals surface area contributed by atoms with E-state index in [1.807, 2.05) is 6.92 Å². The molecule has 3 aromatic rings. The Morgan fingerprint density at radius 1 is 1.09 bits per heavy atom. The zero-order valence-corrected chi connectivity index (χ0v) is 18.7. The highest BCUT2D eigenvalue weighted by Gasteiger charge is 2.34. The number of hydrogen-bond acceptors (Lipinski definition) is 4. The van der Waals surface area contributed by atoms with E-state index in [0.717, 1.165) is 23.8 Å². The van der Waals surface area contributed by atoms with Gasteiger partial charge in [0.2, 0.25) is 5.78 Å². The Hall–Kier alpha value is -2.62. The van der Waals surface area contributed by atoms with Gasteiger partial charge in [-0.3, -0.25) is 9.52 Å². The van der Waals surface area contributed by atoms with Crippen LogP contribution in [0.2, 0.25) is 10.0 Å². The van der Waals surface area contributed by atoms with E-state index in [1.54, 1.807) is 24.3 Å². The molecule has 0 aliphatic rings. The minimum atomic E-state index is -4.86. The minimum Gasteiger partial charge on any atom is -0.287 e. The van der Waals surface area contributed by atoms with Crippen molar-refractivity contribution in [3.05, 3.63) is 87.2 Å². The topological polar surface area (TPSA) is 76.1 Å². The third-order valence-electron chi connectivity index (χ3n) is 4.51. The number of rotatable bonds is 6. The van der Waals surface area contributed by atoms with Gasteiger partial charge in [-0.2, -0.15) is 13.2 Å². The fraction of sp³-hybridized carbons (Fsp3) is 0.143. The van der Waals surface area contributed by atoms with E-state index in [2.05, 4.69) is 9.71 Å². The molecule has 0 spiro atoms. The van der Waals surface area contributed by atoms with Crippen LogP contribution in [-0.4, -0.2) is 19.2 Å². The van der Waals surface area contributed by atoms with Crippen molar-refractivity contribution in [1.29, 1.82) is 0 Å². The van der Waals surface area contributed by atoms with Crippen LogP contribution in [0.15, 0.2) is 59.6 Å². The van der Waals surface area contributed by atoms with Gasteiger partial charge in [0.25, 0.3) is 10.0 Å². The third-order valence-corrected chi connectivity index (χ3v) is 6.41. The van der Waals surface area contributed by atoms with Crippen molar-refractivity contribution in [1.82, 2.24) is 4.98 Å². The molecule has 1 N–H and O–H groups in total. The lowest BCUT2D eigenvalue weighted by molar-refractivity contribution is -0.137. The molecule has 0 aliphatic heterocycles. The number of aromatic nitrogens is 1. The number of aryl methyl sites for hydroxylation is 1. The van der Waals surface area contributed by atoms with Crippen LogP contribution < -0.4 is 4.72 Å². The van der Waals surface area contributed by atoms with Crippen molar-refractivity contribution in [2.45, 2.75) is 24.4 Å². The Bertz CT molecular complexity index is 1300. The molecule has 11 heteroatoms. The maximum atomic E-state index is 13.2. The van der Waals surface area contributed by atoms with E-state index in [9.17, 15) is 26.4 Å². The largest absolute Gasteiger partial charge is 0.417 e. The first kappa shape index (κ1) is 24.0. The summed E-state index contributed by atoms with van der Waals surface area (Å²) in [6, 6.07) is 10.1. The molecule has 0 saturated carbocycles. The number of nitrogens with zero attached hydrogens (tertiary/aromatic N) is 1. The summed E-state index contributed by atoms with van der Waals surface area (Å²) in [5.41, 5.74) is -0.785. The predicted molar refractivity (Wildman–Crippen MR) is 116 cm³/mol. The summed E-state index contributed by atoms with van der Waals surface area (Å²) in [5, 5.41) is -0.622. The summed E-state index contributed by atoms with van der Waals surface area (Å²) in [6.07, 6.45) is -3.14. The number of halogens is 5. The Kier molecular flexibility index (Phi) is 6.83. The maximum absolute atomic E-state index is 13.2. The summed E-state index contributed by atoms with van der Waals surface area (Å²) in [7, 11) is -4.54. The molecule has 0 bridgehead atoms. The minimum absolute atomic E-state index is 0.0233. The number of ketones is 1. The lowest BCUT2D eigenvalue weighted by Gasteiger charge is -2.15. The molecule has 0 aliphatic carbocycles. The molecule has 168 valence electrons. The highest BCUT2D eigenvalue weighted by molar-refractivity contribution is 7.92. The van der Waals surface area contributed by atoms with E-state index in [4.69, 9.17) is 23.2 Å². The normalized spacial score (nSPS) is 11.9. The molecule has 32 heavy (non-hydrogen) atoms. The fourth-order valence-electron chi connectivity index (χ4n) is 2.97. The molecule has 3 rings (SSSR count). The van der Waals surface area contributed by atoms with E-state index >= 15 is 0 Å². The first-order valence-corrected chi connectivity index (χ1v) is 11.4. The molecule has 0 saturated heterocycles. The highest BCUT2D eigenvalue weighted by atomic mass is 35.5. The molecule has 1 heterocycles. The van der Waals surface area contributed by atoms with Gasteiger partial charge in [-0.1, -0.05) is 54.4 Å². The molecule has 0 radical (unpaired) electrons. The van der Waals surface area contributed by atoms with Gasteiger partial charge in [0.05, 0.1) is 26.2 Å². The van der Waals surface area contributed by atoms with Gasteiger partial charge >= 0.3 is 6.18 Å². The monoisotopic (exact) mass is 502 g/mol. The third kappa shape index (κ3) is 5.06. The van der Waals surface area contributed by atoms with Crippen LogP contribution in [0.1, 0.15) is 34.1 Å². The second-order valence-electron chi connectivity index (χ2n) is 6.63. The van der Waals surface area contributed by atoms with Crippen LogP contribution in [0.4, 0.5) is 18.9 Å². The van der Waals surface area contributed by atoms with E-state index < -0.39 is 37.5 Å². The van der Waals surface area contributed by atoms with Gasteiger partial charge in [0, 0.05) is 11.8 Å². The summed E-state index contributed by atoms with van der Waals surface area (Å²) < 4.78 is 67.3. The molecule has 0 atom stereocenters. The second-order valence-corrected chi connectivity index (χ2v) is 9.16. The number of carbonyl (C=O) groups is 1. The molecule has 5 nitrogen and oxygen atoms in total. The second kappa shape index (κ2) is 9.09. The molecule has 2 aromatic carbocycles. The van der Waals surface area contributed by atoms with Crippen molar-refractivity contribution >= 4 is 44.7 Å². The van der Waals surface area contributed by atoms with Crippen LogP contribution >= 0.6 is 23.2 Å². The molecular formula is C21H15Cl2F3N2O3S. The quantitative estimate of drug-likeness (QED) is 0.419. The number of alkyl halides is 3. The Morgan fingerprint density at radius 2 is 1.78 bits per heavy atom. The number of benzene rings is 2. The van der Waals surface area contributed by atoms with E-state index in [0.29, 0.717) is 18.1 Å². The lowest BCUT2D eigenvalue weighted by Crippen LogP contribution is -2.18. The molecule has 0 unspecified atom stereocenters. The van der Waals surface area contributed by atoms with Crippen LogP contribution in [0.25, 0.3) is 0 Å². The zero-order chi connectivity index (χ0) is 23.7. The number of hydrogen-bond donors (Lipinski definition) is 1. The molecule has 0 fully saturated rings. The molecule has 0 amide bonds. The van der Waals surface area contributed by atoms with Crippen molar-refractivity contribution in [3.63, 3.8) is 0 Å². The summed E-state index contributed by atoms with van der Waals surface area (Å²) in [6.45, 7) is 1.85. The Balaban J connectivity index is 2.07. The molecule has 1 aromatic heterocycles. The van der Waals surface area contributed by atoms with Crippen LogP contribution in [0, 0.1) is 0 Å². The first-order chi connectivity index (χ1) is 14.9. The average molecular weight is 503 g/mol. The zero-order valence-electron chi connectivity index (χ0n) is 16.4. The smallest absolute Gasteiger partial charge is 0.287 e. The SMILES string of the molecule is CCc1ccccc1C(=O)c1ncc(Cl)cc1NS(=O)(=O)c1ccc(Cl)c(C(F)(F)F)c1. The van der Waals surface area contributed by atoms with Gasteiger partial charge in [0.1, 0.15) is 5.69 Å². The van der Waals surface area contributed by atoms with Crippen molar-refractivity contribution in [2.75, 3.05) is 4.72 Å². The molecular weight excluding hydrogens is 488 g/mol. The summed E-state index contributed by atoms with van der Waals surface area (Å²) in [4.78, 5) is 16.4. The highest BCUT2D eigenvalue weighted by Crippen LogP contribution is 2.36. The van der Waals surface area contributed by atoms with Gasteiger partial charge in [0.15, 0.2) is 0 Å². The van der Waals surface area contributed by atoms with Gasteiger partial charge in [-0.25, -0.2) is 13.4 Å². The van der Waals surface area contributed by atoms with Crippen molar-refractivity contribution < 1.29 is 26.4 Å². The number of nitrogens with one attached hydrogen (secondary N) is 1. The standard InChI is InChI=1S/C21H15Cl2F3N2O3S/c1-2-12-5-3-4-6-15(12)20(29)19-18(9-13(22)11-27-19)28-32(30,31)14-7-8-17(23)16(10-14)21(24,25)26/h3-11,28H,2H2,1H3.